The van der Waals surface area contributed by atoms with E-state index in [9.17, 15) is 4.79 Å². The van der Waals surface area contributed by atoms with Gasteiger partial charge in [-0.1, -0.05) is 35.5 Å². The predicted molar refractivity (Wildman–Crippen MR) is 83.0 cm³/mol. The van der Waals surface area contributed by atoms with Crippen molar-refractivity contribution in [2.45, 2.75) is 4.90 Å². The van der Waals surface area contributed by atoms with Crippen LogP contribution < -0.4 is 0 Å². The van der Waals surface area contributed by atoms with Gasteiger partial charge in [0.15, 0.2) is 0 Å². The van der Waals surface area contributed by atoms with Crippen LogP contribution in [0.5, 0.6) is 0 Å². The van der Waals surface area contributed by atoms with Crippen LogP contribution in [0.4, 0.5) is 0 Å². The third-order valence-electron chi connectivity index (χ3n) is 3.13. The van der Waals surface area contributed by atoms with Crippen LogP contribution in [0.15, 0.2) is 65.7 Å². The van der Waals surface area contributed by atoms with Crippen molar-refractivity contribution in [2.75, 3.05) is 6.26 Å². The van der Waals surface area contributed by atoms with Crippen molar-refractivity contribution in [2.24, 2.45) is 0 Å². The van der Waals surface area contributed by atoms with Gasteiger partial charge < -0.3 is 0 Å². The zero-order chi connectivity index (χ0) is 14.7. The molecule has 0 unspecified atom stereocenters. The third kappa shape index (κ3) is 2.60. The average Bonchev–Trinajstić information content (AvgIpc) is 3.04. The molecule has 5 heteroatoms. The lowest BCUT2D eigenvalue weighted by Gasteiger charge is -2.08. The van der Waals surface area contributed by atoms with E-state index in [0.717, 1.165) is 10.6 Å². The minimum Gasteiger partial charge on any atom is -0.287 e. The van der Waals surface area contributed by atoms with Gasteiger partial charge >= 0.3 is 0 Å². The van der Waals surface area contributed by atoms with Crippen molar-refractivity contribution in [3.8, 4) is 5.69 Å². The molecule has 0 amide bonds. The summed E-state index contributed by atoms with van der Waals surface area (Å²) in [5.74, 6) is -0.0752. The van der Waals surface area contributed by atoms with Crippen LogP contribution in [0.25, 0.3) is 5.69 Å². The number of hydrogen-bond donors (Lipinski definition) is 0. The highest BCUT2D eigenvalue weighted by Gasteiger charge is 2.18. The Hall–Kier alpha value is -2.40. The molecule has 4 nitrogen and oxygen atoms in total. The number of benzene rings is 2. The van der Waals surface area contributed by atoms with E-state index >= 15 is 0 Å². The molecule has 0 aliphatic rings. The standard InChI is InChI=1S/C16H13N3OS/c1-21-15-10-6-5-9-13(15)16(20)14-11-17-18-19(14)12-7-3-2-4-8-12/h2-11H,1H3. The van der Waals surface area contributed by atoms with E-state index in [4.69, 9.17) is 0 Å². The van der Waals surface area contributed by atoms with Gasteiger partial charge in [-0.15, -0.1) is 16.9 Å². The van der Waals surface area contributed by atoms with Gasteiger partial charge in [0.1, 0.15) is 5.69 Å². The van der Waals surface area contributed by atoms with Crippen molar-refractivity contribution >= 4 is 17.5 Å². The Morgan fingerprint density at radius 3 is 2.52 bits per heavy atom. The summed E-state index contributed by atoms with van der Waals surface area (Å²) in [7, 11) is 0. The Kier molecular flexibility index (Phi) is 3.83. The van der Waals surface area contributed by atoms with Crippen molar-refractivity contribution in [3.05, 3.63) is 72.1 Å². The van der Waals surface area contributed by atoms with Crippen LogP contribution in [0.1, 0.15) is 16.1 Å². The highest BCUT2D eigenvalue weighted by Crippen LogP contribution is 2.23. The summed E-state index contributed by atoms with van der Waals surface area (Å²) in [5.41, 5.74) is 1.95. The SMILES string of the molecule is CSc1ccccc1C(=O)c1cnnn1-c1ccccc1. The summed E-state index contributed by atoms with van der Waals surface area (Å²) < 4.78 is 1.57. The average molecular weight is 295 g/mol. The Morgan fingerprint density at radius 1 is 1.05 bits per heavy atom. The first-order valence-electron chi connectivity index (χ1n) is 6.45. The lowest BCUT2D eigenvalue weighted by atomic mass is 10.1. The summed E-state index contributed by atoms with van der Waals surface area (Å²) in [5, 5.41) is 7.91. The van der Waals surface area contributed by atoms with Gasteiger partial charge in [-0.25, -0.2) is 4.68 Å². The maximum Gasteiger partial charge on any atom is 0.214 e. The molecule has 0 atom stereocenters. The van der Waals surface area contributed by atoms with Crippen LogP contribution >= 0.6 is 11.8 Å². The Balaban J connectivity index is 2.06. The third-order valence-corrected chi connectivity index (χ3v) is 3.93. The number of nitrogens with zero attached hydrogens (tertiary/aromatic N) is 3. The molecular formula is C16H13N3OS. The summed E-state index contributed by atoms with van der Waals surface area (Å²) in [4.78, 5) is 13.7. The summed E-state index contributed by atoms with van der Waals surface area (Å²) in [6.07, 6.45) is 3.46. The fourth-order valence-electron chi connectivity index (χ4n) is 2.12. The van der Waals surface area contributed by atoms with Gasteiger partial charge in [-0.3, -0.25) is 4.79 Å². The lowest BCUT2D eigenvalue weighted by molar-refractivity contribution is 0.102. The molecule has 0 spiro atoms. The zero-order valence-corrected chi connectivity index (χ0v) is 12.2. The number of ketones is 1. The largest absolute Gasteiger partial charge is 0.287 e. The van der Waals surface area contributed by atoms with Gasteiger partial charge in [0.25, 0.3) is 0 Å². The van der Waals surface area contributed by atoms with E-state index < -0.39 is 0 Å². The highest BCUT2D eigenvalue weighted by atomic mass is 32.2. The van der Waals surface area contributed by atoms with E-state index in [1.165, 1.54) is 6.20 Å². The quantitative estimate of drug-likeness (QED) is 0.548. The van der Waals surface area contributed by atoms with E-state index in [-0.39, 0.29) is 5.78 Å². The van der Waals surface area contributed by atoms with Gasteiger partial charge in [-0.05, 0) is 30.5 Å². The predicted octanol–water partition coefficient (Wildman–Crippen LogP) is 3.22. The van der Waals surface area contributed by atoms with Crippen molar-refractivity contribution in [1.82, 2.24) is 15.0 Å². The molecule has 0 aliphatic heterocycles. The summed E-state index contributed by atoms with van der Waals surface area (Å²) in [6, 6.07) is 17.1. The molecule has 0 aliphatic carbocycles. The lowest BCUT2D eigenvalue weighted by Crippen LogP contribution is -2.10. The molecule has 21 heavy (non-hydrogen) atoms. The van der Waals surface area contributed by atoms with Crippen LogP contribution in [-0.2, 0) is 0 Å². The van der Waals surface area contributed by atoms with Gasteiger partial charge in [0, 0.05) is 10.5 Å². The number of carbonyl (C=O) groups excluding carboxylic acids is 1. The first-order chi connectivity index (χ1) is 10.3. The minimum atomic E-state index is -0.0752. The van der Waals surface area contributed by atoms with Gasteiger partial charge in [-0.2, -0.15) is 0 Å². The molecule has 1 heterocycles. The summed E-state index contributed by atoms with van der Waals surface area (Å²) >= 11 is 1.55. The monoisotopic (exact) mass is 295 g/mol. The number of aromatic nitrogens is 3. The second-order valence-electron chi connectivity index (χ2n) is 4.40. The molecule has 0 bridgehead atoms. The number of para-hydroxylation sites is 1. The van der Waals surface area contributed by atoms with Crippen molar-refractivity contribution in [1.29, 1.82) is 0 Å². The Morgan fingerprint density at radius 2 is 1.76 bits per heavy atom. The number of carbonyl (C=O) groups is 1. The van der Waals surface area contributed by atoms with Crippen LogP contribution in [0, 0.1) is 0 Å². The van der Waals surface area contributed by atoms with Gasteiger partial charge in [0.2, 0.25) is 5.78 Å². The van der Waals surface area contributed by atoms with E-state index in [0.29, 0.717) is 11.3 Å². The molecule has 1 aromatic heterocycles. The molecule has 0 fully saturated rings. The second-order valence-corrected chi connectivity index (χ2v) is 5.24. The number of hydrogen-bond acceptors (Lipinski definition) is 4. The molecule has 0 radical (unpaired) electrons. The van der Waals surface area contributed by atoms with E-state index in [2.05, 4.69) is 10.3 Å². The van der Waals surface area contributed by atoms with Crippen LogP contribution in [0.2, 0.25) is 0 Å². The minimum absolute atomic E-state index is 0.0752. The van der Waals surface area contributed by atoms with Crippen LogP contribution in [0.3, 0.4) is 0 Å². The first kappa shape index (κ1) is 13.6. The highest BCUT2D eigenvalue weighted by molar-refractivity contribution is 7.98. The molecule has 0 saturated heterocycles. The molecule has 0 saturated carbocycles. The fraction of sp³-hybridized carbons (Fsp3) is 0.0625. The van der Waals surface area contributed by atoms with Crippen molar-refractivity contribution < 1.29 is 4.79 Å². The topological polar surface area (TPSA) is 47.8 Å². The molecule has 3 rings (SSSR count). The Labute approximate surface area is 126 Å². The maximum absolute atomic E-state index is 12.8. The normalized spacial score (nSPS) is 10.5. The van der Waals surface area contributed by atoms with Crippen molar-refractivity contribution in [3.63, 3.8) is 0 Å². The molecule has 0 N–H and O–H groups in total. The van der Waals surface area contributed by atoms with E-state index in [1.54, 1.807) is 16.4 Å². The fourth-order valence-corrected chi connectivity index (χ4v) is 2.72. The zero-order valence-electron chi connectivity index (χ0n) is 11.4. The smallest absolute Gasteiger partial charge is 0.214 e. The number of thioether (sulfide) groups is 1. The second kappa shape index (κ2) is 5.93. The van der Waals surface area contributed by atoms with E-state index in [1.807, 2.05) is 60.9 Å². The number of rotatable bonds is 4. The van der Waals surface area contributed by atoms with Gasteiger partial charge in [0.05, 0.1) is 11.9 Å². The molecule has 3 aromatic rings. The Bertz CT molecular complexity index is 768. The molecule has 2 aromatic carbocycles. The molecule has 104 valence electrons. The summed E-state index contributed by atoms with van der Waals surface area (Å²) in [6.45, 7) is 0. The maximum atomic E-state index is 12.8. The molecular weight excluding hydrogens is 282 g/mol. The first-order valence-corrected chi connectivity index (χ1v) is 7.67. The van der Waals surface area contributed by atoms with Crippen LogP contribution in [-0.4, -0.2) is 27.0 Å².